The molecule has 1 aromatic carbocycles. The molecule has 16 heavy (non-hydrogen) atoms. The minimum atomic E-state index is -0.950. The summed E-state index contributed by atoms with van der Waals surface area (Å²) in [6.07, 6.45) is 4.83. The Morgan fingerprint density at radius 1 is 1.44 bits per heavy atom. The first-order valence-corrected chi connectivity index (χ1v) is 4.84. The molecule has 0 spiro atoms. The summed E-state index contributed by atoms with van der Waals surface area (Å²) in [5.74, 6) is -0.950. The maximum atomic E-state index is 10.9. The van der Waals surface area contributed by atoms with Crippen LogP contribution in [0.1, 0.15) is 15.9 Å². The number of aromatic amines is 1. The number of rotatable bonds is 3. The van der Waals surface area contributed by atoms with E-state index in [0.717, 1.165) is 11.1 Å². The van der Waals surface area contributed by atoms with Crippen LogP contribution < -0.4 is 0 Å². The van der Waals surface area contributed by atoms with Crippen molar-refractivity contribution in [3.63, 3.8) is 0 Å². The number of aromatic carboxylic acids is 1. The fourth-order valence-corrected chi connectivity index (χ4v) is 1.61. The van der Waals surface area contributed by atoms with E-state index in [1.165, 1.54) is 6.20 Å². The highest BCUT2D eigenvalue weighted by atomic mass is 16.4. The second kappa shape index (κ2) is 4.20. The Kier molecular flexibility index (Phi) is 2.74. The SMILES string of the molecule is O=C(O)c1c[nH]c2ccc(C=CCO)cc12. The van der Waals surface area contributed by atoms with E-state index in [2.05, 4.69) is 4.98 Å². The lowest BCUT2D eigenvalue weighted by atomic mass is 10.1. The van der Waals surface area contributed by atoms with Gasteiger partial charge >= 0.3 is 5.97 Å². The molecule has 0 bridgehead atoms. The largest absolute Gasteiger partial charge is 0.478 e. The summed E-state index contributed by atoms with van der Waals surface area (Å²) < 4.78 is 0. The number of hydrogen-bond donors (Lipinski definition) is 3. The lowest BCUT2D eigenvalue weighted by Crippen LogP contribution is -1.93. The summed E-state index contributed by atoms with van der Waals surface area (Å²) in [7, 11) is 0. The van der Waals surface area contributed by atoms with Crippen molar-refractivity contribution in [2.75, 3.05) is 6.61 Å². The van der Waals surface area contributed by atoms with Gasteiger partial charge in [0.2, 0.25) is 0 Å². The van der Waals surface area contributed by atoms with Crippen LogP contribution in [0.15, 0.2) is 30.5 Å². The standard InChI is InChI=1S/C12H11NO3/c14-5-1-2-8-3-4-11-9(6-8)10(7-13-11)12(15)16/h1-4,6-7,13-14H,5H2,(H,15,16). The normalized spacial score (nSPS) is 11.3. The molecular formula is C12H11NO3. The van der Waals surface area contributed by atoms with Gasteiger partial charge in [-0.05, 0) is 17.7 Å². The zero-order chi connectivity index (χ0) is 11.5. The molecule has 4 nitrogen and oxygen atoms in total. The number of nitrogens with one attached hydrogen (secondary N) is 1. The predicted molar refractivity (Wildman–Crippen MR) is 61.4 cm³/mol. The Morgan fingerprint density at radius 2 is 2.25 bits per heavy atom. The molecule has 1 aromatic heterocycles. The maximum absolute atomic E-state index is 10.9. The highest BCUT2D eigenvalue weighted by Crippen LogP contribution is 2.20. The van der Waals surface area contributed by atoms with Gasteiger partial charge in [-0.2, -0.15) is 0 Å². The van der Waals surface area contributed by atoms with E-state index in [9.17, 15) is 4.79 Å². The Bertz CT molecular complexity index is 554. The number of carboxylic acids is 1. The molecule has 1 heterocycles. The molecule has 0 radical (unpaired) electrons. The van der Waals surface area contributed by atoms with Crippen LogP contribution in [0.5, 0.6) is 0 Å². The number of H-pyrrole nitrogens is 1. The second-order valence-corrected chi connectivity index (χ2v) is 3.40. The van der Waals surface area contributed by atoms with Crippen molar-refractivity contribution >= 4 is 22.9 Å². The van der Waals surface area contributed by atoms with Crippen LogP contribution in [-0.4, -0.2) is 27.8 Å². The molecule has 3 N–H and O–H groups in total. The van der Waals surface area contributed by atoms with Gasteiger partial charge in [-0.3, -0.25) is 0 Å². The molecule has 4 heteroatoms. The van der Waals surface area contributed by atoms with Gasteiger partial charge in [0.1, 0.15) is 0 Å². The van der Waals surface area contributed by atoms with E-state index in [1.54, 1.807) is 18.2 Å². The van der Waals surface area contributed by atoms with E-state index in [-0.39, 0.29) is 12.2 Å². The quantitative estimate of drug-likeness (QED) is 0.734. The summed E-state index contributed by atoms with van der Waals surface area (Å²) in [6.45, 7) is -0.0308. The molecular weight excluding hydrogens is 206 g/mol. The van der Waals surface area contributed by atoms with Crippen LogP contribution in [0.25, 0.3) is 17.0 Å². The number of carbonyl (C=O) groups is 1. The maximum Gasteiger partial charge on any atom is 0.337 e. The topological polar surface area (TPSA) is 73.3 Å². The van der Waals surface area contributed by atoms with Crippen molar-refractivity contribution in [3.05, 3.63) is 41.6 Å². The zero-order valence-electron chi connectivity index (χ0n) is 8.47. The molecule has 0 atom stereocenters. The van der Waals surface area contributed by atoms with Crippen LogP contribution in [0.2, 0.25) is 0 Å². The lowest BCUT2D eigenvalue weighted by Gasteiger charge is -1.96. The fraction of sp³-hybridized carbons (Fsp3) is 0.0833. The Labute approximate surface area is 91.8 Å². The number of fused-ring (bicyclic) bond motifs is 1. The Hall–Kier alpha value is -2.07. The second-order valence-electron chi connectivity index (χ2n) is 3.40. The number of benzene rings is 1. The molecule has 0 fully saturated rings. The van der Waals surface area contributed by atoms with Crippen LogP contribution in [0.3, 0.4) is 0 Å². The molecule has 82 valence electrons. The first-order valence-electron chi connectivity index (χ1n) is 4.84. The summed E-state index contributed by atoms with van der Waals surface area (Å²) >= 11 is 0. The summed E-state index contributed by atoms with van der Waals surface area (Å²) in [6, 6.07) is 5.46. The Balaban J connectivity index is 2.54. The van der Waals surface area contributed by atoms with E-state index in [1.807, 2.05) is 12.1 Å². The van der Waals surface area contributed by atoms with Crippen LogP contribution >= 0.6 is 0 Å². The van der Waals surface area contributed by atoms with Crippen LogP contribution in [0, 0.1) is 0 Å². The summed E-state index contributed by atoms with van der Waals surface area (Å²) in [5, 5.41) is 18.3. The van der Waals surface area contributed by atoms with Gasteiger partial charge in [0, 0.05) is 17.1 Å². The molecule has 2 aromatic rings. The van der Waals surface area contributed by atoms with Crippen molar-refractivity contribution in [3.8, 4) is 0 Å². The molecule has 0 aliphatic heterocycles. The average molecular weight is 217 g/mol. The van der Waals surface area contributed by atoms with Crippen molar-refractivity contribution in [1.29, 1.82) is 0 Å². The third-order valence-corrected chi connectivity index (χ3v) is 2.35. The molecule has 0 aliphatic carbocycles. The highest BCUT2D eigenvalue weighted by molar-refractivity contribution is 6.03. The number of carboxylic acid groups (broad SMARTS) is 1. The fourth-order valence-electron chi connectivity index (χ4n) is 1.61. The van der Waals surface area contributed by atoms with Crippen molar-refractivity contribution in [1.82, 2.24) is 4.98 Å². The predicted octanol–water partition coefficient (Wildman–Crippen LogP) is 1.87. The minimum Gasteiger partial charge on any atom is -0.478 e. The third kappa shape index (κ3) is 1.83. The average Bonchev–Trinajstić information content (AvgIpc) is 2.69. The molecule has 2 rings (SSSR count). The van der Waals surface area contributed by atoms with E-state index in [4.69, 9.17) is 10.2 Å². The first-order chi connectivity index (χ1) is 7.72. The van der Waals surface area contributed by atoms with Crippen LogP contribution in [0.4, 0.5) is 0 Å². The first kappa shape index (κ1) is 10.4. The zero-order valence-corrected chi connectivity index (χ0v) is 8.47. The van der Waals surface area contributed by atoms with Gasteiger partial charge in [-0.15, -0.1) is 0 Å². The monoisotopic (exact) mass is 217 g/mol. The number of aromatic nitrogens is 1. The minimum absolute atomic E-state index is 0.0308. The molecule has 0 unspecified atom stereocenters. The van der Waals surface area contributed by atoms with Crippen molar-refractivity contribution < 1.29 is 15.0 Å². The van der Waals surface area contributed by atoms with E-state index < -0.39 is 5.97 Å². The van der Waals surface area contributed by atoms with Gasteiger partial charge in [-0.1, -0.05) is 18.2 Å². The number of aliphatic hydroxyl groups is 1. The van der Waals surface area contributed by atoms with Gasteiger partial charge in [-0.25, -0.2) is 4.79 Å². The number of aliphatic hydroxyl groups excluding tert-OH is 1. The van der Waals surface area contributed by atoms with E-state index >= 15 is 0 Å². The van der Waals surface area contributed by atoms with Crippen molar-refractivity contribution in [2.45, 2.75) is 0 Å². The molecule has 0 aliphatic rings. The Morgan fingerprint density at radius 3 is 2.94 bits per heavy atom. The highest BCUT2D eigenvalue weighted by Gasteiger charge is 2.09. The van der Waals surface area contributed by atoms with Crippen LogP contribution in [-0.2, 0) is 0 Å². The molecule has 0 amide bonds. The third-order valence-electron chi connectivity index (χ3n) is 2.35. The van der Waals surface area contributed by atoms with Gasteiger partial charge in [0.15, 0.2) is 0 Å². The summed E-state index contributed by atoms with van der Waals surface area (Å²) in [4.78, 5) is 13.8. The molecule has 0 saturated heterocycles. The lowest BCUT2D eigenvalue weighted by molar-refractivity contribution is 0.0699. The van der Waals surface area contributed by atoms with Gasteiger partial charge < -0.3 is 15.2 Å². The number of hydrogen-bond acceptors (Lipinski definition) is 2. The van der Waals surface area contributed by atoms with Crippen molar-refractivity contribution in [2.24, 2.45) is 0 Å². The smallest absolute Gasteiger partial charge is 0.337 e. The summed E-state index contributed by atoms with van der Waals surface area (Å²) in [5.41, 5.74) is 1.91. The van der Waals surface area contributed by atoms with Gasteiger partial charge in [0.25, 0.3) is 0 Å². The van der Waals surface area contributed by atoms with E-state index in [0.29, 0.717) is 5.39 Å². The molecule has 0 saturated carbocycles. The van der Waals surface area contributed by atoms with Gasteiger partial charge in [0.05, 0.1) is 12.2 Å².